The van der Waals surface area contributed by atoms with Gasteiger partial charge in [0.05, 0.1) is 17.9 Å². The van der Waals surface area contributed by atoms with Crippen LogP contribution in [0.25, 0.3) is 0 Å². The Kier molecular flexibility index (Phi) is 3.37. The van der Waals surface area contributed by atoms with E-state index >= 15 is 0 Å². The molecule has 1 fully saturated rings. The number of carbonyl (C=O) groups excluding carboxylic acids is 2. The Bertz CT molecular complexity index is 980. The van der Waals surface area contributed by atoms with Crippen molar-refractivity contribution in [1.82, 2.24) is 9.47 Å². The summed E-state index contributed by atoms with van der Waals surface area (Å²) in [5, 5.41) is 0. The van der Waals surface area contributed by atoms with Gasteiger partial charge in [-0.05, 0) is 30.5 Å². The Morgan fingerprint density at radius 2 is 1.77 bits per heavy atom. The van der Waals surface area contributed by atoms with Crippen molar-refractivity contribution in [3.05, 3.63) is 64.1 Å². The van der Waals surface area contributed by atoms with Gasteiger partial charge >= 0.3 is 5.91 Å². The number of para-hydroxylation sites is 1. The molecule has 2 bridgehead atoms. The fraction of sp³-hybridized carbons (Fsp3) is 0.350. The van der Waals surface area contributed by atoms with Gasteiger partial charge in [0.1, 0.15) is 0 Å². The van der Waals surface area contributed by atoms with E-state index < -0.39 is 11.7 Å². The molecule has 4 heterocycles. The summed E-state index contributed by atoms with van der Waals surface area (Å²) >= 11 is 0. The van der Waals surface area contributed by atoms with Crippen molar-refractivity contribution in [2.45, 2.75) is 18.9 Å². The predicted octanol–water partition coefficient (Wildman–Crippen LogP) is 1.45. The molecule has 0 aliphatic carbocycles. The van der Waals surface area contributed by atoms with Gasteiger partial charge in [-0.2, -0.15) is 0 Å². The number of amides is 1. The molecule has 6 heteroatoms. The van der Waals surface area contributed by atoms with Crippen LogP contribution in [0.5, 0.6) is 0 Å². The molecule has 0 unspecified atom stereocenters. The van der Waals surface area contributed by atoms with Crippen LogP contribution in [0.3, 0.4) is 0 Å². The standard InChI is InChI=1S/C20H19N3O3/c24-18-7-3-6-16-14-8-13(10-22(16)18)9-21(11-14)12-23-17-5-2-1-4-15(17)19(25)20(23)26/h1-7,13-14H,8-12H2/t13-,14-/m1/s1. The molecular formula is C20H19N3O3. The number of Topliss-reactive ketones (excluding diaryl/α,β-unsaturated/α-hetero) is 1. The fourth-order valence-electron chi connectivity index (χ4n) is 4.70. The first-order valence-electron chi connectivity index (χ1n) is 8.99. The monoisotopic (exact) mass is 349 g/mol. The van der Waals surface area contributed by atoms with Crippen LogP contribution in [0.2, 0.25) is 0 Å². The van der Waals surface area contributed by atoms with Gasteiger partial charge in [-0.3, -0.25) is 24.2 Å². The van der Waals surface area contributed by atoms with Crippen molar-refractivity contribution in [1.29, 1.82) is 0 Å². The molecule has 0 spiro atoms. The summed E-state index contributed by atoms with van der Waals surface area (Å²) in [4.78, 5) is 40.6. The normalized spacial score (nSPS) is 24.5. The summed E-state index contributed by atoms with van der Waals surface area (Å²) in [6.45, 7) is 2.77. The highest BCUT2D eigenvalue weighted by Crippen LogP contribution is 2.36. The van der Waals surface area contributed by atoms with Crippen LogP contribution in [0.15, 0.2) is 47.3 Å². The van der Waals surface area contributed by atoms with E-state index in [1.807, 2.05) is 28.8 Å². The molecule has 5 rings (SSSR count). The van der Waals surface area contributed by atoms with Crippen LogP contribution < -0.4 is 10.5 Å². The minimum Gasteiger partial charge on any atom is -0.312 e. The van der Waals surface area contributed by atoms with E-state index in [0.29, 0.717) is 29.8 Å². The number of aromatic nitrogens is 1. The van der Waals surface area contributed by atoms with E-state index in [1.165, 1.54) is 0 Å². The SMILES string of the molecule is O=C1C(=O)N(CN2C[C@H]3C[C@H](C2)c2cccc(=O)n2C3)c2ccccc21. The number of benzene rings is 1. The quantitative estimate of drug-likeness (QED) is 0.770. The number of hydrogen-bond acceptors (Lipinski definition) is 4. The summed E-state index contributed by atoms with van der Waals surface area (Å²) in [6.07, 6.45) is 1.07. The number of pyridine rings is 1. The van der Waals surface area contributed by atoms with E-state index in [0.717, 1.165) is 31.7 Å². The Labute approximate surface area is 150 Å². The lowest BCUT2D eigenvalue weighted by atomic mass is 9.83. The topological polar surface area (TPSA) is 62.6 Å². The summed E-state index contributed by atoms with van der Waals surface area (Å²) in [5.41, 5.74) is 2.35. The van der Waals surface area contributed by atoms with Crippen molar-refractivity contribution in [2.75, 3.05) is 24.7 Å². The van der Waals surface area contributed by atoms with Crippen molar-refractivity contribution >= 4 is 17.4 Å². The first kappa shape index (κ1) is 15.5. The first-order valence-corrected chi connectivity index (χ1v) is 8.99. The lowest BCUT2D eigenvalue weighted by molar-refractivity contribution is -0.114. The van der Waals surface area contributed by atoms with Gasteiger partial charge in [0, 0.05) is 37.3 Å². The van der Waals surface area contributed by atoms with E-state index in [9.17, 15) is 14.4 Å². The van der Waals surface area contributed by atoms with Gasteiger partial charge in [-0.15, -0.1) is 0 Å². The number of hydrogen-bond donors (Lipinski definition) is 0. The van der Waals surface area contributed by atoms with Crippen LogP contribution in [0.1, 0.15) is 28.4 Å². The molecule has 132 valence electrons. The molecule has 2 atom stereocenters. The minimum absolute atomic E-state index is 0.0693. The zero-order valence-electron chi connectivity index (χ0n) is 14.3. The number of carbonyl (C=O) groups is 2. The fourth-order valence-corrected chi connectivity index (χ4v) is 4.70. The Morgan fingerprint density at radius 1 is 0.923 bits per heavy atom. The molecule has 1 aromatic heterocycles. The highest BCUT2D eigenvalue weighted by atomic mass is 16.2. The van der Waals surface area contributed by atoms with Crippen LogP contribution in [-0.2, 0) is 11.3 Å². The van der Waals surface area contributed by atoms with Crippen LogP contribution >= 0.6 is 0 Å². The van der Waals surface area contributed by atoms with Crippen molar-refractivity contribution in [3.8, 4) is 0 Å². The van der Waals surface area contributed by atoms with Gasteiger partial charge in [0.25, 0.3) is 11.3 Å². The van der Waals surface area contributed by atoms with Crippen LogP contribution in [-0.4, -0.2) is 40.9 Å². The third kappa shape index (κ3) is 2.25. The van der Waals surface area contributed by atoms with E-state index in [4.69, 9.17) is 0 Å². The molecule has 0 radical (unpaired) electrons. The predicted molar refractivity (Wildman–Crippen MR) is 96.2 cm³/mol. The summed E-state index contributed by atoms with van der Waals surface area (Å²) in [5.74, 6) is -0.182. The van der Waals surface area contributed by atoms with Gasteiger partial charge in [0.2, 0.25) is 0 Å². The average Bonchev–Trinajstić information content (AvgIpc) is 2.88. The van der Waals surface area contributed by atoms with Crippen molar-refractivity contribution in [2.24, 2.45) is 5.92 Å². The van der Waals surface area contributed by atoms with Gasteiger partial charge in [-0.25, -0.2) is 0 Å². The minimum atomic E-state index is -0.446. The third-order valence-corrected chi connectivity index (χ3v) is 5.78. The van der Waals surface area contributed by atoms with E-state index in [2.05, 4.69) is 4.90 Å². The van der Waals surface area contributed by atoms with Gasteiger partial charge in [-0.1, -0.05) is 18.2 Å². The second-order valence-electron chi connectivity index (χ2n) is 7.45. The molecule has 3 aliphatic heterocycles. The zero-order valence-corrected chi connectivity index (χ0v) is 14.3. The maximum absolute atomic E-state index is 12.4. The number of nitrogens with zero attached hydrogens (tertiary/aromatic N) is 3. The van der Waals surface area contributed by atoms with Gasteiger partial charge < -0.3 is 4.57 Å². The molecule has 1 amide bonds. The highest BCUT2D eigenvalue weighted by Gasteiger charge is 2.39. The molecular weight excluding hydrogens is 330 g/mol. The Morgan fingerprint density at radius 3 is 2.65 bits per heavy atom. The largest absolute Gasteiger partial charge is 0.312 e. The Hall–Kier alpha value is -2.73. The summed E-state index contributed by atoms with van der Waals surface area (Å²) in [7, 11) is 0. The smallest absolute Gasteiger partial charge is 0.300 e. The number of likely N-dealkylation sites (tertiary alicyclic amines) is 1. The maximum atomic E-state index is 12.4. The molecule has 6 nitrogen and oxygen atoms in total. The molecule has 2 aromatic rings. The molecule has 0 saturated carbocycles. The molecule has 3 aliphatic rings. The molecule has 0 N–H and O–H groups in total. The molecule has 26 heavy (non-hydrogen) atoms. The second-order valence-corrected chi connectivity index (χ2v) is 7.45. The molecule has 1 saturated heterocycles. The highest BCUT2D eigenvalue weighted by molar-refractivity contribution is 6.52. The van der Waals surface area contributed by atoms with Crippen LogP contribution in [0, 0.1) is 5.92 Å². The average molecular weight is 349 g/mol. The molecule has 1 aromatic carbocycles. The number of rotatable bonds is 2. The van der Waals surface area contributed by atoms with E-state index in [-0.39, 0.29) is 5.56 Å². The zero-order chi connectivity index (χ0) is 17.8. The van der Waals surface area contributed by atoms with Crippen LogP contribution in [0.4, 0.5) is 5.69 Å². The Balaban J connectivity index is 1.42. The lowest BCUT2D eigenvalue weighted by Crippen LogP contribution is -2.51. The first-order chi connectivity index (χ1) is 12.6. The van der Waals surface area contributed by atoms with Crippen molar-refractivity contribution in [3.63, 3.8) is 0 Å². The number of anilines is 1. The van der Waals surface area contributed by atoms with E-state index in [1.54, 1.807) is 23.1 Å². The summed E-state index contributed by atoms with van der Waals surface area (Å²) in [6, 6.07) is 12.7. The summed E-state index contributed by atoms with van der Waals surface area (Å²) < 4.78 is 1.90. The number of piperidine rings is 1. The second kappa shape index (κ2) is 5.64. The number of ketones is 1. The van der Waals surface area contributed by atoms with Crippen molar-refractivity contribution < 1.29 is 9.59 Å². The number of fused-ring (bicyclic) bond motifs is 5. The lowest BCUT2D eigenvalue weighted by Gasteiger charge is -2.43. The third-order valence-electron chi connectivity index (χ3n) is 5.78. The maximum Gasteiger partial charge on any atom is 0.300 e. The van der Waals surface area contributed by atoms with Gasteiger partial charge in [0.15, 0.2) is 0 Å².